The number of nitrogens with one attached hydrogen (secondary N) is 2. The van der Waals surface area contributed by atoms with E-state index >= 15 is 0 Å². The van der Waals surface area contributed by atoms with E-state index in [0.29, 0.717) is 26.2 Å². The summed E-state index contributed by atoms with van der Waals surface area (Å²) in [6, 6.07) is 13.4. The standard InChI is InChI=1S/C19H21N3O4/c20-19(24)22-18(23)17(14-4-2-1-3-5-14)21-9-8-13-6-7-15-16(12-13)26-11-10-25-15/h1-7,12,17,21H,8-11H2,(H3,20,22,23,24)/t17-/m0/s1. The maximum absolute atomic E-state index is 12.3. The van der Waals surface area contributed by atoms with Gasteiger partial charge in [0.15, 0.2) is 11.5 Å². The van der Waals surface area contributed by atoms with Crippen molar-refractivity contribution in [2.75, 3.05) is 19.8 Å². The summed E-state index contributed by atoms with van der Waals surface area (Å²) >= 11 is 0. The lowest BCUT2D eigenvalue weighted by molar-refractivity contribution is -0.122. The first-order valence-corrected chi connectivity index (χ1v) is 8.40. The number of benzene rings is 2. The second-order valence-electron chi connectivity index (χ2n) is 5.88. The van der Waals surface area contributed by atoms with E-state index in [0.717, 1.165) is 22.6 Å². The lowest BCUT2D eigenvalue weighted by Gasteiger charge is -2.20. The van der Waals surface area contributed by atoms with Crippen LogP contribution >= 0.6 is 0 Å². The normalized spacial score (nSPS) is 13.7. The van der Waals surface area contributed by atoms with Crippen LogP contribution in [0, 0.1) is 0 Å². The Balaban J connectivity index is 1.64. The predicted octanol–water partition coefficient (Wildman–Crippen LogP) is 1.53. The van der Waals surface area contributed by atoms with Crippen LogP contribution in [0.1, 0.15) is 17.2 Å². The Kier molecular flexibility index (Phi) is 5.70. The number of carbonyl (C=O) groups is 2. The molecule has 2 aromatic rings. The molecule has 0 radical (unpaired) electrons. The minimum atomic E-state index is -0.871. The van der Waals surface area contributed by atoms with Gasteiger partial charge in [-0.2, -0.15) is 0 Å². The maximum atomic E-state index is 12.3. The first kappa shape index (κ1) is 17.8. The van der Waals surface area contributed by atoms with E-state index in [1.54, 1.807) is 0 Å². The number of hydrogen-bond acceptors (Lipinski definition) is 5. The summed E-state index contributed by atoms with van der Waals surface area (Å²) in [6.45, 7) is 1.63. The molecule has 0 fully saturated rings. The average Bonchev–Trinajstić information content (AvgIpc) is 2.65. The molecule has 2 aromatic carbocycles. The highest BCUT2D eigenvalue weighted by molar-refractivity contribution is 5.96. The molecule has 0 unspecified atom stereocenters. The van der Waals surface area contributed by atoms with Crippen LogP contribution in [0.15, 0.2) is 48.5 Å². The number of carbonyl (C=O) groups excluding carboxylic acids is 2. The topological polar surface area (TPSA) is 103 Å². The first-order valence-electron chi connectivity index (χ1n) is 8.40. The van der Waals surface area contributed by atoms with Crippen molar-refractivity contribution in [3.8, 4) is 11.5 Å². The van der Waals surface area contributed by atoms with Gasteiger partial charge in [0, 0.05) is 6.54 Å². The Morgan fingerprint density at radius 1 is 1.04 bits per heavy atom. The number of nitrogens with two attached hydrogens (primary N) is 1. The molecule has 0 bridgehead atoms. The Morgan fingerprint density at radius 3 is 2.50 bits per heavy atom. The van der Waals surface area contributed by atoms with Crippen molar-refractivity contribution >= 4 is 11.9 Å². The molecule has 7 nitrogen and oxygen atoms in total. The third kappa shape index (κ3) is 4.52. The molecular formula is C19H21N3O4. The van der Waals surface area contributed by atoms with Crippen LogP contribution in [0.3, 0.4) is 0 Å². The SMILES string of the molecule is NC(=O)NC(=O)[C@@H](NCCc1ccc2c(c1)OCCO2)c1ccccc1. The smallest absolute Gasteiger partial charge is 0.318 e. The number of amides is 3. The molecule has 0 saturated heterocycles. The molecule has 3 amide bonds. The minimum Gasteiger partial charge on any atom is -0.486 e. The fraction of sp³-hybridized carbons (Fsp3) is 0.263. The number of ether oxygens (including phenoxy) is 2. The molecule has 1 heterocycles. The van der Waals surface area contributed by atoms with E-state index in [1.165, 1.54) is 0 Å². The van der Waals surface area contributed by atoms with Gasteiger partial charge >= 0.3 is 6.03 Å². The third-order valence-electron chi connectivity index (χ3n) is 4.01. The van der Waals surface area contributed by atoms with Gasteiger partial charge in [0.1, 0.15) is 19.3 Å². The van der Waals surface area contributed by atoms with Crippen molar-refractivity contribution in [3.63, 3.8) is 0 Å². The minimum absolute atomic E-state index is 0.481. The van der Waals surface area contributed by atoms with E-state index in [2.05, 4.69) is 10.6 Å². The van der Waals surface area contributed by atoms with Crippen molar-refractivity contribution < 1.29 is 19.1 Å². The third-order valence-corrected chi connectivity index (χ3v) is 4.01. The van der Waals surface area contributed by atoms with Crippen molar-refractivity contribution in [2.24, 2.45) is 5.73 Å². The molecule has 1 aliphatic rings. The van der Waals surface area contributed by atoms with Gasteiger partial charge in [-0.05, 0) is 29.7 Å². The summed E-state index contributed by atoms with van der Waals surface area (Å²) < 4.78 is 11.1. The highest BCUT2D eigenvalue weighted by atomic mass is 16.6. The summed E-state index contributed by atoms with van der Waals surface area (Å²) in [5.41, 5.74) is 6.89. The number of fused-ring (bicyclic) bond motifs is 1. The molecule has 136 valence electrons. The molecule has 3 rings (SSSR count). The van der Waals surface area contributed by atoms with Crippen LogP contribution in [-0.2, 0) is 11.2 Å². The summed E-state index contributed by atoms with van der Waals surface area (Å²) in [6.07, 6.45) is 0.684. The van der Waals surface area contributed by atoms with Gasteiger partial charge in [-0.3, -0.25) is 10.1 Å². The zero-order chi connectivity index (χ0) is 18.4. The van der Waals surface area contributed by atoms with Crippen LogP contribution in [-0.4, -0.2) is 31.7 Å². The Hall–Kier alpha value is -3.06. The summed E-state index contributed by atoms with van der Waals surface area (Å²) in [4.78, 5) is 23.3. The van der Waals surface area contributed by atoms with Crippen LogP contribution in [0.25, 0.3) is 0 Å². The molecular weight excluding hydrogens is 334 g/mol. The lowest BCUT2D eigenvalue weighted by atomic mass is 10.1. The van der Waals surface area contributed by atoms with E-state index in [-0.39, 0.29) is 0 Å². The van der Waals surface area contributed by atoms with Gasteiger partial charge in [0.2, 0.25) is 5.91 Å². The zero-order valence-corrected chi connectivity index (χ0v) is 14.2. The molecule has 0 saturated carbocycles. The summed E-state index contributed by atoms with van der Waals surface area (Å²) in [7, 11) is 0. The van der Waals surface area contributed by atoms with Gasteiger partial charge < -0.3 is 20.5 Å². The molecule has 1 atom stereocenters. The Bertz CT molecular complexity index is 780. The molecule has 0 aromatic heterocycles. The van der Waals surface area contributed by atoms with E-state index < -0.39 is 18.0 Å². The summed E-state index contributed by atoms with van der Waals surface area (Å²) in [5.74, 6) is 1.00. The number of imide groups is 1. The van der Waals surface area contributed by atoms with Crippen LogP contribution in [0.4, 0.5) is 4.79 Å². The van der Waals surface area contributed by atoms with Crippen LogP contribution in [0.2, 0.25) is 0 Å². The Labute approximate surface area is 151 Å². The average molecular weight is 355 g/mol. The van der Waals surface area contributed by atoms with E-state index in [4.69, 9.17) is 15.2 Å². The predicted molar refractivity (Wildman–Crippen MR) is 96.0 cm³/mol. The van der Waals surface area contributed by atoms with Crippen molar-refractivity contribution in [3.05, 3.63) is 59.7 Å². The highest BCUT2D eigenvalue weighted by Crippen LogP contribution is 2.30. The van der Waals surface area contributed by atoms with Crippen LogP contribution < -0.4 is 25.8 Å². The number of primary amides is 1. The number of rotatable bonds is 6. The molecule has 4 N–H and O–H groups in total. The maximum Gasteiger partial charge on any atom is 0.318 e. The van der Waals surface area contributed by atoms with Gasteiger partial charge in [-0.1, -0.05) is 36.4 Å². The van der Waals surface area contributed by atoms with E-state index in [1.807, 2.05) is 48.5 Å². The van der Waals surface area contributed by atoms with E-state index in [9.17, 15) is 9.59 Å². The zero-order valence-electron chi connectivity index (χ0n) is 14.2. The molecule has 1 aliphatic heterocycles. The molecule has 7 heteroatoms. The van der Waals surface area contributed by atoms with Crippen molar-refractivity contribution in [1.29, 1.82) is 0 Å². The highest BCUT2D eigenvalue weighted by Gasteiger charge is 2.21. The summed E-state index contributed by atoms with van der Waals surface area (Å²) in [5, 5.41) is 5.31. The van der Waals surface area contributed by atoms with Gasteiger partial charge in [-0.25, -0.2) is 4.79 Å². The largest absolute Gasteiger partial charge is 0.486 e. The van der Waals surface area contributed by atoms with Gasteiger partial charge in [0.05, 0.1) is 0 Å². The molecule has 0 aliphatic carbocycles. The second kappa shape index (κ2) is 8.35. The fourth-order valence-electron chi connectivity index (χ4n) is 2.81. The van der Waals surface area contributed by atoms with Gasteiger partial charge in [-0.15, -0.1) is 0 Å². The molecule has 26 heavy (non-hydrogen) atoms. The lowest BCUT2D eigenvalue weighted by Crippen LogP contribution is -2.43. The number of urea groups is 1. The fourth-order valence-corrected chi connectivity index (χ4v) is 2.81. The van der Waals surface area contributed by atoms with Gasteiger partial charge in [0.25, 0.3) is 0 Å². The van der Waals surface area contributed by atoms with Crippen molar-refractivity contribution in [1.82, 2.24) is 10.6 Å². The van der Waals surface area contributed by atoms with Crippen molar-refractivity contribution in [2.45, 2.75) is 12.5 Å². The monoisotopic (exact) mass is 355 g/mol. The Morgan fingerprint density at radius 2 is 1.77 bits per heavy atom. The second-order valence-corrected chi connectivity index (χ2v) is 5.88. The quantitative estimate of drug-likeness (QED) is 0.729. The number of hydrogen-bond donors (Lipinski definition) is 3. The van der Waals surface area contributed by atoms with Crippen LogP contribution in [0.5, 0.6) is 11.5 Å². The first-order chi connectivity index (χ1) is 12.6. The molecule has 0 spiro atoms.